The molecule has 2 N–H and O–H groups in total. The maximum Gasteiger partial charge on any atom is 0.267 e. The normalized spacial score (nSPS) is 10.9. The van der Waals surface area contributed by atoms with E-state index in [9.17, 15) is 4.79 Å². The van der Waals surface area contributed by atoms with Crippen LogP contribution in [0.2, 0.25) is 0 Å². The molecule has 3 rings (SSSR count). The minimum absolute atomic E-state index is 0.0400. The summed E-state index contributed by atoms with van der Waals surface area (Å²) in [6.45, 7) is 4.93. The van der Waals surface area contributed by atoms with Crippen molar-refractivity contribution >= 4 is 16.8 Å². The van der Waals surface area contributed by atoms with Gasteiger partial charge in [-0.05, 0) is 49.9 Å². The number of rotatable bonds is 5. The predicted octanol–water partition coefficient (Wildman–Crippen LogP) is 4.15. The van der Waals surface area contributed by atoms with E-state index in [0.29, 0.717) is 12.2 Å². The molecule has 1 amide bonds. The first-order valence-corrected chi connectivity index (χ1v) is 8.05. The second-order valence-corrected chi connectivity index (χ2v) is 6.06. The number of hydrogen-bond donors (Lipinski definition) is 2. The molecule has 0 unspecified atom stereocenters. The molecule has 0 fully saturated rings. The standard InChI is InChI=1S/C20H22N2O/c1-14-9-10-16(15(2)12-14)7-5-11-21-20(23)19-13-17-6-3-4-8-18(17)22-19/h3-4,6,8-10,12-13,22H,5,7,11H2,1-2H3,(H,21,23). The number of amides is 1. The van der Waals surface area contributed by atoms with Gasteiger partial charge in [0.2, 0.25) is 0 Å². The van der Waals surface area contributed by atoms with Gasteiger partial charge in [-0.2, -0.15) is 0 Å². The van der Waals surface area contributed by atoms with E-state index in [0.717, 1.165) is 23.7 Å². The van der Waals surface area contributed by atoms with Crippen molar-refractivity contribution in [2.75, 3.05) is 6.54 Å². The third-order valence-electron chi connectivity index (χ3n) is 4.18. The van der Waals surface area contributed by atoms with Gasteiger partial charge >= 0.3 is 0 Å². The van der Waals surface area contributed by atoms with E-state index in [-0.39, 0.29) is 5.91 Å². The number of aryl methyl sites for hydroxylation is 3. The Kier molecular flexibility index (Phi) is 4.47. The maximum atomic E-state index is 12.2. The molecule has 0 aliphatic heterocycles. The summed E-state index contributed by atoms with van der Waals surface area (Å²) in [5, 5.41) is 4.05. The molecule has 0 saturated carbocycles. The zero-order chi connectivity index (χ0) is 16.2. The highest BCUT2D eigenvalue weighted by atomic mass is 16.1. The molecular formula is C20H22N2O. The van der Waals surface area contributed by atoms with Crippen LogP contribution in [0.25, 0.3) is 10.9 Å². The zero-order valence-corrected chi connectivity index (χ0v) is 13.6. The Bertz CT molecular complexity index is 800. The molecule has 2 aromatic carbocycles. The summed E-state index contributed by atoms with van der Waals surface area (Å²) >= 11 is 0. The van der Waals surface area contributed by atoms with Crippen LogP contribution < -0.4 is 5.32 Å². The minimum Gasteiger partial charge on any atom is -0.351 e. The molecular weight excluding hydrogens is 284 g/mol. The van der Waals surface area contributed by atoms with Gasteiger partial charge in [0, 0.05) is 17.4 Å². The highest BCUT2D eigenvalue weighted by molar-refractivity contribution is 5.97. The first kappa shape index (κ1) is 15.3. The van der Waals surface area contributed by atoms with Crippen LogP contribution in [0.5, 0.6) is 0 Å². The van der Waals surface area contributed by atoms with Crippen molar-refractivity contribution in [3.63, 3.8) is 0 Å². The van der Waals surface area contributed by atoms with E-state index < -0.39 is 0 Å². The fourth-order valence-electron chi connectivity index (χ4n) is 2.90. The van der Waals surface area contributed by atoms with Crippen LogP contribution in [0.3, 0.4) is 0 Å². The summed E-state index contributed by atoms with van der Waals surface area (Å²) in [5.41, 5.74) is 5.59. The molecule has 0 aliphatic rings. The molecule has 3 aromatic rings. The number of aromatic nitrogens is 1. The third kappa shape index (κ3) is 3.62. The van der Waals surface area contributed by atoms with Gasteiger partial charge in [-0.25, -0.2) is 0 Å². The Hall–Kier alpha value is -2.55. The number of carbonyl (C=O) groups excluding carboxylic acids is 1. The molecule has 1 heterocycles. The molecule has 0 aliphatic carbocycles. The lowest BCUT2D eigenvalue weighted by Gasteiger charge is -2.07. The van der Waals surface area contributed by atoms with Crippen LogP contribution in [0, 0.1) is 13.8 Å². The largest absolute Gasteiger partial charge is 0.351 e. The average molecular weight is 306 g/mol. The highest BCUT2D eigenvalue weighted by Crippen LogP contribution is 2.15. The summed E-state index contributed by atoms with van der Waals surface area (Å²) < 4.78 is 0. The second kappa shape index (κ2) is 6.69. The van der Waals surface area contributed by atoms with Crippen LogP contribution in [-0.4, -0.2) is 17.4 Å². The number of hydrogen-bond acceptors (Lipinski definition) is 1. The number of para-hydroxylation sites is 1. The summed E-state index contributed by atoms with van der Waals surface area (Å²) in [6, 6.07) is 16.4. The number of nitrogens with one attached hydrogen (secondary N) is 2. The number of fused-ring (bicyclic) bond motifs is 1. The fourth-order valence-corrected chi connectivity index (χ4v) is 2.90. The summed E-state index contributed by atoms with van der Waals surface area (Å²) in [4.78, 5) is 15.4. The zero-order valence-electron chi connectivity index (χ0n) is 13.6. The van der Waals surface area contributed by atoms with Crippen LogP contribution in [-0.2, 0) is 6.42 Å². The third-order valence-corrected chi connectivity index (χ3v) is 4.18. The minimum atomic E-state index is -0.0400. The molecule has 0 saturated heterocycles. The van der Waals surface area contributed by atoms with Crippen molar-refractivity contribution in [1.29, 1.82) is 0 Å². The molecule has 0 radical (unpaired) electrons. The van der Waals surface area contributed by atoms with E-state index in [1.54, 1.807) is 0 Å². The van der Waals surface area contributed by atoms with Gasteiger partial charge < -0.3 is 10.3 Å². The van der Waals surface area contributed by atoms with Crippen molar-refractivity contribution in [2.45, 2.75) is 26.7 Å². The number of benzene rings is 2. The summed E-state index contributed by atoms with van der Waals surface area (Å²) in [5.74, 6) is -0.0400. The van der Waals surface area contributed by atoms with Crippen LogP contribution in [0.1, 0.15) is 33.6 Å². The topological polar surface area (TPSA) is 44.9 Å². The first-order valence-electron chi connectivity index (χ1n) is 8.05. The Morgan fingerprint density at radius 2 is 1.91 bits per heavy atom. The molecule has 23 heavy (non-hydrogen) atoms. The lowest BCUT2D eigenvalue weighted by molar-refractivity contribution is 0.0949. The van der Waals surface area contributed by atoms with Crippen molar-refractivity contribution in [3.8, 4) is 0 Å². The van der Waals surface area contributed by atoms with Crippen molar-refractivity contribution in [2.24, 2.45) is 0 Å². The van der Waals surface area contributed by atoms with E-state index in [2.05, 4.69) is 42.3 Å². The lowest BCUT2D eigenvalue weighted by Crippen LogP contribution is -2.25. The Morgan fingerprint density at radius 3 is 2.70 bits per heavy atom. The SMILES string of the molecule is Cc1ccc(CCCNC(=O)c2cc3ccccc3[nH]2)c(C)c1. The molecule has 1 aromatic heterocycles. The van der Waals surface area contributed by atoms with E-state index in [1.165, 1.54) is 16.7 Å². The molecule has 0 atom stereocenters. The van der Waals surface area contributed by atoms with Gasteiger partial charge in [0.25, 0.3) is 5.91 Å². The van der Waals surface area contributed by atoms with Crippen molar-refractivity contribution in [3.05, 3.63) is 70.9 Å². The van der Waals surface area contributed by atoms with Gasteiger partial charge in [0.05, 0.1) is 0 Å². The summed E-state index contributed by atoms with van der Waals surface area (Å²) in [6.07, 6.45) is 1.93. The maximum absolute atomic E-state index is 12.2. The van der Waals surface area contributed by atoms with E-state index in [1.807, 2.05) is 30.3 Å². The van der Waals surface area contributed by atoms with Gasteiger partial charge in [0.15, 0.2) is 0 Å². The lowest BCUT2D eigenvalue weighted by atomic mass is 10.0. The number of carbonyl (C=O) groups is 1. The average Bonchev–Trinajstić information content (AvgIpc) is 2.97. The monoisotopic (exact) mass is 306 g/mol. The number of H-pyrrole nitrogens is 1. The van der Waals surface area contributed by atoms with Gasteiger partial charge in [-0.1, -0.05) is 42.0 Å². The highest BCUT2D eigenvalue weighted by Gasteiger charge is 2.08. The second-order valence-electron chi connectivity index (χ2n) is 6.06. The summed E-state index contributed by atoms with van der Waals surface area (Å²) in [7, 11) is 0. The van der Waals surface area contributed by atoms with Crippen LogP contribution >= 0.6 is 0 Å². The van der Waals surface area contributed by atoms with E-state index in [4.69, 9.17) is 0 Å². The van der Waals surface area contributed by atoms with Gasteiger partial charge in [-0.3, -0.25) is 4.79 Å². The smallest absolute Gasteiger partial charge is 0.267 e. The van der Waals surface area contributed by atoms with Gasteiger partial charge in [-0.15, -0.1) is 0 Å². The molecule has 0 spiro atoms. The Balaban J connectivity index is 1.53. The quantitative estimate of drug-likeness (QED) is 0.683. The number of aromatic amines is 1. The van der Waals surface area contributed by atoms with Crippen molar-refractivity contribution in [1.82, 2.24) is 10.3 Å². The molecule has 0 bridgehead atoms. The van der Waals surface area contributed by atoms with Crippen LogP contribution in [0.4, 0.5) is 0 Å². The fraction of sp³-hybridized carbons (Fsp3) is 0.250. The Labute approximate surface area is 136 Å². The molecule has 118 valence electrons. The predicted molar refractivity (Wildman–Crippen MR) is 94.9 cm³/mol. The van der Waals surface area contributed by atoms with Gasteiger partial charge in [0.1, 0.15) is 5.69 Å². The van der Waals surface area contributed by atoms with Crippen LogP contribution in [0.15, 0.2) is 48.5 Å². The molecule has 3 nitrogen and oxygen atoms in total. The Morgan fingerprint density at radius 1 is 1.09 bits per heavy atom. The van der Waals surface area contributed by atoms with Crippen molar-refractivity contribution < 1.29 is 4.79 Å². The van der Waals surface area contributed by atoms with E-state index >= 15 is 0 Å². The first-order chi connectivity index (χ1) is 11.1. The molecule has 3 heteroatoms.